The number of aromatic amines is 1. The van der Waals surface area contributed by atoms with Crippen molar-refractivity contribution in [1.29, 1.82) is 0 Å². The molecule has 2 heterocycles. The Kier molecular flexibility index (Phi) is 7.19. The Morgan fingerprint density at radius 2 is 2.10 bits per heavy atom. The van der Waals surface area contributed by atoms with Crippen molar-refractivity contribution in [3.8, 4) is 22.8 Å². The van der Waals surface area contributed by atoms with Gasteiger partial charge in [-0.1, -0.05) is 25.4 Å². The minimum absolute atomic E-state index is 0.283. The Bertz CT molecular complexity index is 1090. The first-order chi connectivity index (χ1) is 14.8. The number of nitrogens with one attached hydrogen (secondary N) is 2. The summed E-state index contributed by atoms with van der Waals surface area (Å²) in [6, 6.07) is 4.71. The second-order valence-electron chi connectivity index (χ2n) is 7.18. The maximum atomic E-state index is 12.7. The zero-order chi connectivity index (χ0) is 22.5. The number of nitrogens with two attached hydrogens (primary N) is 1. The lowest BCUT2D eigenvalue weighted by Crippen LogP contribution is -2.12. The van der Waals surface area contributed by atoms with Crippen LogP contribution in [-0.4, -0.2) is 35.5 Å². The molecule has 2 aromatic heterocycles. The van der Waals surface area contributed by atoms with Crippen molar-refractivity contribution in [2.45, 2.75) is 20.3 Å². The first-order valence-corrected chi connectivity index (χ1v) is 10.8. The summed E-state index contributed by atoms with van der Waals surface area (Å²) >= 11 is 7.60. The summed E-state index contributed by atoms with van der Waals surface area (Å²) in [6.45, 7) is 4.70. The third-order valence-corrected chi connectivity index (χ3v) is 5.44. The smallest absolute Gasteiger partial charge is 0.265 e. The number of amides is 2. The SMILES string of the molecule is COc1cc(C(=O)Nc2nc(-c3c[nH]c(C(N)=O)c3)cs2)cc(Cl)c1OCCC(C)C. The lowest BCUT2D eigenvalue weighted by Gasteiger charge is -2.14. The van der Waals surface area contributed by atoms with E-state index >= 15 is 0 Å². The van der Waals surface area contributed by atoms with Gasteiger partial charge in [-0.25, -0.2) is 4.98 Å². The number of benzene rings is 1. The van der Waals surface area contributed by atoms with Crippen LogP contribution in [0.15, 0.2) is 29.8 Å². The summed E-state index contributed by atoms with van der Waals surface area (Å²) < 4.78 is 11.1. The number of primary amides is 1. The Morgan fingerprint density at radius 1 is 1.32 bits per heavy atom. The summed E-state index contributed by atoms with van der Waals surface area (Å²) in [7, 11) is 1.49. The number of rotatable bonds is 9. The van der Waals surface area contributed by atoms with E-state index in [0.29, 0.717) is 51.0 Å². The largest absolute Gasteiger partial charge is 0.493 e. The van der Waals surface area contributed by atoms with Crippen LogP contribution in [0.25, 0.3) is 11.3 Å². The highest BCUT2D eigenvalue weighted by Gasteiger charge is 2.18. The highest BCUT2D eigenvalue weighted by molar-refractivity contribution is 7.14. The quantitative estimate of drug-likeness (QED) is 0.430. The van der Waals surface area contributed by atoms with Gasteiger partial charge in [-0.3, -0.25) is 14.9 Å². The fourth-order valence-electron chi connectivity index (χ4n) is 2.71. The number of hydrogen-bond donors (Lipinski definition) is 3. The molecule has 4 N–H and O–H groups in total. The highest BCUT2D eigenvalue weighted by Crippen LogP contribution is 2.37. The van der Waals surface area contributed by atoms with Gasteiger partial charge in [-0.2, -0.15) is 0 Å². The van der Waals surface area contributed by atoms with E-state index in [1.807, 2.05) is 0 Å². The Hall–Kier alpha value is -3.04. The number of anilines is 1. The molecule has 0 saturated carbocycles. The lowest BCUT2D eigenvalue weighted by molar-refractivity contribution is 0.0994. The van der Waals surface area contributed by atoms with Crippen LogP contribution in [0.1, 0.15) is 41.1 Å². The van der Waals surface area contributed by atoms with Crippen LogP contribution in [0, 0.1) is 5.92 Å². The number of thiazole rings is 1. The van der Waals surface area contributed by atoms with Gasteiger partial charge in [0.1, 0.15) is 5.69 Å². The number of nitrogens with zero attached hydrogens (tertiary/aromatic N) is 1. The van der Waals surface area contributed by atoms with Crippen molar-refractivity contribution in [3.05, 3.63) is 46.1 Å². The molecule has 0 spiro atoms. The van der Waals surface area contributed by atoms with E-state index in [2.05, 4.69) is 29.1 Å². The number of H-pyrrole nitrogens is 1. The number of ether oxygens (including phenoxy) is 2. The number of carbonyl (C=O) groups is 2. The van der Waals surface area contributed by atoms with Crippen LogP contribution >= 0.6 is 22.9 Å². The van der Waals surface area contributed by atoms with Crippen molar-refractivity contribution in [2.24, 2.45) is 11.7 Å². The number of aromatic nitrogens is 2. The fourth-order valence-corrected chi connectivity index (χ4v) is 3.69. The number of methoxy groups -OCH3 is 1. The normalized spacial score (nSPS) is 10.9. The van der Waals surface area contributed by atoms with Crippen LogP contribution in [0.5, 0.6) is 11.5 Å². The zero-order valence-electron chi connectivity index (χ0n) is 17.3. The van der Waals surface area contributed by atoms with Gasteiger partial charge in [-0.15, -0.1) is 11.3 Å². The third-order valence-electron chi connectivity index (χ3n) is 4.40. The maximum Gasteiger partial charge on any atom is 0.265 e. The average molecular weight is 463 g/mol. The van der Waals surface area contributed by atoms with Gasteiger partial charge < -0.3 is 20.2 Å². The van der Waals surface area contributed by atoms with E-state index < -0.39 is 5.91 Å². The third kappa shape index (κ3) is 5.56. The monoisotopic (exact) mass is 462 g/mol. The zero-order valence-corrected chi connectivity index (χ0v) is 18.9. The molecular weight excluding hydrogens is 440 g/mol. The second-order valence-corrected chi connectivity index (χ2v) is 8.44. The van der Waals surface area contributed by atoms with E-state index in [0.717, 1.165) is 6.42 Å². The van der Waals surface area contributed by atoms with Crippen LogP contribution in [0.3, 0.4) is 0 Å². The summed E-state index contributed by atoms with van der Waals surface area (Å²) in [4.78, 5) is 31.1. The van der Waals surface area contributed by atoms with Crippen molar-refractivity contribution in [1.82, 2.24) is 9.97 Å². The van der Waals surface area contributed by atoms with Gasteiger partial charge in [0.2, 0.25) is 0 Å². The molecule has 0 saturated heterocycles. The first-order valence-electron chi connectivity index (χ1n) is 9.54. The topological polar surface area (TPSA) is 119 Å². The molecule has 1 aromatic carbocycles. The second kappa shape index (κ2) is 9.84. The Morgan fingerprint density at radius 3 is 2.74 bits per heavy atom. The number of carbonyl (C=O) groups excluding carboxylic acids is 2. The lowest BCUT2D eigenvalue weighted by atomic mass is 10.1. The molecule has 3 aromatic rings. The van der Waals surface area contributed by atoms with E-state index in [1.165, 1.54) is 24.5 Å². The Balaban J connectivity index is 1.73. The molecule has 3 rings (SSSR count). The maximum absolute atomic E-state index is 12.7. The standard InChI is InChI=1S/C21H23ClN4O4S/c1-11(2)4-5-30-18-14(22)6-12(8-17(18)29-3)20(28)26-21-25-16(10-31-21)13-7-15(19(23)27)24-9-13/h6-11,24H,4-5H2,1-3H3,(H2,23,27)(H,25,26,28). The Labute approximate surface area is 188 Å². The molecule has 0 aliphatic heterocycles. The van der Waals surface area contributed by atoms with Gasteiger partial charge in [0.25, 0.3) is 11.8 Å². The summed E-state index contributed by atoms with van der Waals surface area (Å²) in [5, 5.41) is 5.20. The predicted molar refractivity (Wildman–Crippen MR) is 121 cm³/mol. The molecule has 0 aliphatic carbocycles. The number of halogens is 1. The van der Waals surface area contributed by atoms with Crippen LogP contribution < -0.4 is 20.5 Å². The van der Waals surface area contributed by atoms with Crippen LogP contribution in [0.4, 0.5) is 5.13 Å². The van der Waals surface area contributed by atoms with Crippen molar-refractivity contribution < 1.29 is 19.1 Å². The minimum Gasteiger partial charge on any atom is -0.493 e. The molecule has 164 valence electrons. The predicted octanol–water partition coefficient (Wildman–Crippen LogP) is 4.58. The fraction of sp³-hybridized carbons (Fsp3) is 0.286. The molecule has 2 amide bonds. The van der Waals surface area contributed by atoms with Gasteiger partial charge in [0, 0.05) is 22.7 Å². The van der Waals surface area contributed by atoms with E-state index in [9.17, 15) is 9.59 Å². The molecule has 31 heavy (non-hydrogen) atoms. The molecule has 0 atom stereocenters. The van der Waals surface area contributed by atoms with Gasteiger partial charge in [0.15, 0.2) is 16.6 Å². The van der Waals surface area contributed by atoms with Gasteiger partial charge in [0.05, 0.1) is 24.4 Å². The number of hydrogen-bond acceptors (Lipinski definition) is 6. The summed E-state index contributed by atoms with van der Waals surface area (Å²) in [6.07, 6.45) is 2.50. The van der Waals surface area contributed by atoms with Crippen molar-refractivity contribution >= 4 is 39.9 Å². The van der Waals surface area contributed by atoms with E-state index in [1.54, 1.807) is 23.7 Å². The highest BCUT2D eigenvalue weighted by atomic mass is 35.5. The average Bonchev–Trinajstić information content (AvgIpc) is 3.38. The van der Waals surface area contributed by atoms with E-state index in [4.69, 9.17) is 26.8 Å². The molecule has 0 bridgehead atoms. The molecule has 8 nitrogen and oxygen atoms in total. The van der Waals surface area contributed by atoms with Crippen molar-refractivity contribution in [2.75, 3.05) is 19.0 Å². The molecule has 0 radical (unpaired) electrons. The molecule has 0 fully saturated rings. The van der Waals surface area contributed by atoms with Crippen LogP contribution in [-0.2, 0) is 0 Å². The van der Waals surface area contributed by atoms with Crippen LogP contribution in [0.2, 0.25) is 5.02 Å². The molecule has 0 unspecified atom stereocenters. The van der Waals surface area contributed by atoms with Crippen molar-refractivity contribution in [3.63, 3.8) is 0 Å². The molecular formula is C21H23ClN4O4S. The molecule has 10 heteroatoms. The van der Waals surface area contributed by atoms with Gasteiger partial charge >= 0.3 is 0 Å². The summed E-state index contributed by atoms with van der Waals surface area (Å²) in [5.41, 5.74) is 7.15. The summed E-state index contributed by atoms with van der Waals surface area (Å²) in [5.74, 6) is 0.342. The van der Waals surface area contributed by atoms with E-state index in [-0.39, 0.29) is 11.6 Å². The minimum atomic E-state index is -0.558. The van der Waals surface area contributed by atoms with Gasteiger partial charge in [-0.05, 0) is 30.5 Å². The first kappa shape index (κ1) is 22.6. The molecule has 0 aliphatic rings.